The molecule has 0 atom stereocenters. The van der Waals surface area contributed by atoms with Crippen molar-refractivity contribution in [1.29, 1.82) is 0 Å². The first-order valence-electron chi connectivity index (χ1n) is 2.18. The Morgan fingerprint density at radius 1 is 1.57 bits per heavy atom. The lowest BCUT2D eigenvalue weighted by Gasteiger charge is -2.15. The summed E-state index contributed by atoms with van der Waals surface area (Å²) in [7, 11) is -1.82. The summed E-state index contributed by atoms with van der Waals surface area (Å²) in [5, 5.41) is 0. The number of nitrogens with two attached hydrogens (primary N) is 1. The van der Waals surface area contributed by atoms with Gasteiger partial charge in [0.05, 0.1) is 9.73 Å². The van der Waals surface area contributed by atoms with Crippen LogP contribution in [0.2, 0.25) is 0 Å². The van der Waals surface area contributed by atoms with Crippen molar-refractivity contribution in [3.05, 3.63) is 0 Å². The molecule has 1 fully saturated rings. The molecule has 0 aromatic carbocycles. The average molecular weight is 120 g/mol. The Hall–Kier alpha value is -0.0900. The van der Waals surface area contributed by atoms with Crippen LogP contribution in [-0.4, -0.2) is 15.7 Å². The van der Waals surface area contributed by atoms with E-state index in [0.29, 0.717) is 11.5 Å². The van der Waals surface area contributed by atoms with Gasteiger partial charge in [-0.15, -0.1) is 0 Å². The Kier molecular flexibility index (Phi) is 1.05. The second-order valence-corrected chi connectivity index (χ2v) is 4.21. The van der Waals surface area contributed by atoms with E-state index in [-0.39, 0.29) is 0 Å². The van der Waals surface area contributed by atoms with Gasteiger partial charge in [-0.2, -0.15) is 4.47 Å². The molecule has 4 heteroatoms. The van der Waals surface area contributed by atoms with Gasteiger partial charge in [-0.25, -0.2) is 10.1 Å². The lowest BCUT2D eigenvalue weighted by molar-refractivity contribution is 0.661. The molecule has 1 aliphatic rings. The van der Waals surface area contributed by atoms with E-state index in [1.165, 1.54) is 0 Å². The van der Waals surface area contributed by atoms with E-state index in [4.69, 9.17) is 5.84 Å². The Morgan fingerprint density at radius 3 is 2.14 bits per heavy atom. The first kappa shape index (κ1) is 5.05. The van der Waals surface area contributed by atoms with Crippen LogP contribution in [0.1, 0.15) is 6.42 Å². The molecule has 2 N–H and O–H groups in total. The number of nitrogens with zero attached hydrogens (tertiary/aromatic N) is 1. The molecule has 0 aromatic heterocycles. The first-order chi connectivity index (χ1) is 3.27. The molecular formula is C3H8N2OS. The van der Waals surface area contributed by atoms with Gasteiger partial charge >= 0.3 is 0 Å². The van der Waals surface area contributed by atoms with Crippen LogP contribution >= 0.6 is 0 Å². The molecule has 0 spiro atoms. The zero-order valence-corrected chi connectivity index (χ0v) is 4.78. The molecule has 7 heavy (non-hydrogen) atoms. The van der Waals surface area contributed by atoms with E-state index in [9.17, 15) is 4.21 Å². The minimum absolute atomic E-state index is 0.712. The maximum Gasteiger partial charge on any atom is 0.0635 e. The molecule has 1 rings (SSSR count). The van der Waals surface area contributed by atoms with Crippen molar-refractivity contribution in [1.82, 2.24) is 0 Å². The molecular weight excluding hydrogens is 112 g/mol. The zero-order chi connectivity index (χ0) is 5.33. The lowest BCUT2D eigenvalue weighted by atomic mass is 10.5. The van der Waals surface area contributed by atoms with Crippen molar-refractivity contribution in [2.75, 3.05) is 11.5 Å². The summed E-state index contributed by atoms with van der Waals surface area (Å²) < 4.78 is 14.0. The van der Waals surface area contributed by atoms with Gasteiger partial charge in [-0.3, -0.25) is 0 Å². The van der Waals surface area contributed by atoms with Crippen LogP contribution in [-0.2, 0) is 9.73 Å². The Balaban J connectivity index is 2.82. The standard InChI is InChI=1S/C3H8N2OS/c4-5-7(6)2-1-3-7/h1-4H2. The quantitative estimate of drug-likeness (QED) is 0.353. The minimum atomic E-state index is -1.82. The topological polar surface area (TPSA) is 55.4 Å². The molecule has 1 saturated heterocycles. The summed E-state index contributed by atoms with van der Waals surface area (Å²) in [6.07, 6.45) is 1.03. The maximum atomic E-state index is 10.7. The van der Waals surface area contributed by atoms with Gasteiger partial charge < -0.3 is 0 Å². The zero-order valence-electron chi connectivity index (χ0n) is 3.96. The first-order valence-corrected chi connectivity index (χ1v) is 4.04. The Morgan fingerprint density at radius 2 is 2.14 bits per heavy atom. The molecule has 0 aromatic rings. The number of hydrogen-bond acceptors (Lipinski definition) is 2. The van der Waals surface area contributed by atoms with E-state index < -0.39 is 9.73 Å². The van der Waals surface area contributed by atoms with Gasteiger partial charge in [0, 0.05) is 11.5 Å². The van der Waals surface area contributed by atoms with Gasteiger partial charge in [0.15, 0.2) is 0 Å². The summed E-state index contributed by atoms with van der Waals surface area (Å²) in [6.45, 7) is 0. The second-order valence-electron chi connectivity index (χ2n) is 1.64. The van der Waals surface area contributed by atoms with Crippen LogP contribution in [0.3, 0.4) is 0 Å². The fourth-order valence-electron chi connectivity index (χ4n) is 0.497. The molecule has 0 aliphatic carbocycles. The highest BCUT2D eigenvalue weighted by Crippen LogP contribution is 2.10. The van der Waals surface area contributed by atoms with Crippen LogP contribution in [0.15, 0.2) is 4.47 Å². The molecule has 1 aliphatic heterocycles. The third kappa shape index (κ3) is 0.759. The smallest absolute Gasteiger partial charge is 0.0635 e. The van der Waals surface area contributed by atoms with Gasteiger partial charge in [-0.05, 0) is 6.42 Å². The molecule has 0 bridgehead atoms. The third-order valence-electron chi connectivity index (χ3n) is 1.12. The summed E-state index contributed by atoms with van der Waals surface area (Å²) in [5.41, 5.74) is 0. The van der Waals surface area contributed by atoms with Crippen molar-refractivity contribution in [2.24, 2.45) is 10.3 Å². The van der Waals surface area contributed by atoms with Crippen LogP contribution < -0.4 is 5.84 Å². The number of hydrogen-bond donors (Lipinski definition) is 1. The van der Waals surface area contributed by atoms with Crippen LogP contribution in [0, 0.1) is 0 Å². The third-order valence-corrected chi connectivity index (χ3v) is 3.36. The lowest BCUT2D eigenvalue weighted by Crippen LogP contribution is -2.24. The van der Waals surface area contributed by atoms with Gasteiger partial charge in [0.2, 0.25) is 0 Å². The fraction of sp³-hybridized carbons (Fsp3) is 1.00. The normalized spacial score (nSPS) is 25.9. The van der Waals surface area contributed by atoms with Crippen LogP contribution in [0.25, 0.3) is 0 Å². The monoisotopic (exact) mass is 120 g/mol. The van der Waals surface area contributed by atoms with Crippen molar-refractivity contribution in [3.63, 3.8) is 0 Å². The summed E-state index contributed by atoms with van der Waals surface area (Å²) in [4.78, 5) is 0. The molecule has 3 nitrogen and oxygen atoms in total. The molecule has 0 unspecified atom stereocenters. The van der Waals surface area contributed by atoms with E-state index in [0.717, 1.165) is 6.42 Å². The maximum absolute atomic E-state index is 10.7. The van der Waals surface area contributed by atoms with Gasteiger partial charge in [0.25, 0.3) is 0 Å². The van der Waals surface area contributed by atoms with E-state index in [2.05, 4.69) is 4.47 Å². The second kappa shape index (κ2) is 1.45. The van der Waals surface area contributed by atoms with Crippen LogP contribution in [0.4, 0.5) is 0 Å². The summed E-state index contributed by atoms with van der Waals surface area (Å²) in [5.74, 6) is 6.24. The fourth-order valence-corrected chi connectivity index (χ4v) is 1.49. The van der Waals surface area contributed by atoms with Gasteiger partial charge in [-0.1, -0.05) is 0 Å². The molecule has 42 valence electrons. The number of rotatable bonds is 0. The van der Waals surface area contributed by atoms with Crippen molar-refractivity contribution in [3.8, 4) is 0 Å². The van der Waals surface area contributed by atoms with Gasteiger partial charge in [0.1, 0.15) is 0 Å². The highest BCUT2D eigenvalue weighted by atomic mass is 32.2. The molecule has 1 heterocycles. The summed E-state index contributed by atoms with van der Waals surface area (Å²) in [6, 6.07) is 0. The minimum Gasteiger partial charge on any atom is -0.248 e. The van der Waals surface area contributed by atoms with E-state index in [1.54, 1.807) is 0 Å². The highest BCUT2D eigenvalue weighted by Gasteiger charge is 2.17. The Bertz CT molecular complexity index is 158. The van der Waals surface area contributed by atoms with Crippen molar-refractivity contribution >= 4 is 9.73 Å². The molecule has 0 amide bonds. The van der Waals surface area contributed by atoms with Crippen LogP contribution in [0.5, 0.6) is 0 Å². The summed E-state index contributed by atoms with van der Waals surface area (Å²) >= 11 is 0. The van der Waals surface area contributed by atoms with E-state index >= 15 is 0 Å². The Labute approximate surface area is 43.1 Å². The van der Waals surface area contributed by atoms with Crippen molar-refractivity contribution < 1.29 is 4.21 Å². The van der Waals surface area contributed by atoms with Crippen molar-refractivity contribution in [2.45, 2.75) is 6.42 Å². The average Bonchev–Trinajstić information content (AvgIpc) is 1.61. The molecule has 0 saturated carbocycles. The highest BCUT2D eigenvalue weighted by molar-refractivity contribution is 7.94. The predicted molar refractivity (Wildman–Crippen MR) is 29.1 cm³/mol. The SMILES string of the molecule is NN=S1(=O)CCC1. The molecule has 0 radical (unpaired) electrons. The largest absolute Gasteiger partial charge is 0.248 e. The van der Waals surface area contributed by atoms with E-state index in [1.807, 2.05) is 0 Å². The predicted octanol–water partition coefficient (Wildman–Crippen LogP) is -0.268.